The Bertz CT molecular complexity index is 354. The van der Waals surface area contributed by atoms with Crippen molar-refractivity contribution < 1.29 is 8.42 Å². The summed E-state index contributed by atoms with van der Waals surface area (Å²) in [6.45, 7) is 4.80. The molecule has 1 heterocycles. The molecule has 0 spiro atoms. The van der Waals surface area contributed by atoms with Crippen molar-refractivity contribution in [3.05, 3.63) is 0 Å². The van der Waals surface area contributed by atoms with E-state index in [4.69, 9.17) is 0 Å². The molecule has 0 aromatic heterocycles. The van der Waals surface area contributed by atoms with Gasteiger partial charge >= 0.3 is 0 Å². The highest BCUT2D eigenvalue weighted by Gasteiger charge is 2.29. The van der Waals surface area contributed by atoms with E-state index in [2.05, 4.69) is 10.0 Å². The standard InChI is InChI=1S/C12H25N3O2S/c1-2-7-14-18(16,17)15-8-3-4-11(10-15)9-13-12-5-6-12/h11-14H,2-10H2,1H3. The zero-order valence-corrected chi connectivity index (χ0v) is 12.0. The molecule has 18 heavy (non-hydrogen) atoms. The molecule has 0 aromatic carbocycles. The molecule has 2 rings (SSSR count). The van der Waals surface area contributed by atoms with Gasteiger partial charge in [0.25, 0.3) is 10.2 Å². The van der Waals surface area contributed by atoms with E-state index in [0.717, 1.165) is 25.8 Å². The fraction of sp³-hybridized carbons (Fsp3) is 1.00. The lowest BCUT2D eigenvalue weighted by Gasteiger charge is -2.32. The predicted octanol–water partition coefficient (Wildman–Crippen LogP) is 0.695. The van der Waals surface area contributed by atoms with Crippen LogP contribution in [-0.2, 0) is 10.2 Å². The topological polar surface area (TPSA) is 61.4 Å². The Morgan fingerprint density at radius 3 is 2.72 bits per heavy atom. The van der Waals surface area contributed by atoms with Gasteiger partial charge in [-0.3, -0.25) is 0 Å². The first-order valence-corrected chi connectivity index (χ1v) is 8.54. The second-order valence-electron chi connectivity index (χ2n) is 5.45. The molecule has 1 aliphatic carbocycles. The Morgan fingerprint density at radius 2 is 2.06 bits per heavy atom. The van der Waals surface area contributed by atoms with Crippen molar-refractivity contribution in [1.29, 1.82) is 0 Å². The fourth-order valence-corrected chi connectivity index (χ4v) is 3.78. The molecule has 1 atom stereocenters. The summed E-state index contributed by atoms with van der Waals surface area (Å²) in [6, 6.07) is 0.704. The van der Waals surface area contributed by atoms with Gasteiger partial charge in [-0.15, -0.1) is 0 Å². The van der Waals surface area contributed by atoms with Crippen LogP contribution in [0.3, 0.4) is 0 Å². The Labute approximate surface area is 110 Å². The minimum absolute atomic E-state index is 0.470. The summed E-state index contributed by atoms with van der Waals surface area (Å²) in [5.74, 6) is 0.470. The number of nitrogens with zero attached hydrogens (tertiary/aromatic N) is 1. The van der Waals surface area contributed by atoms with Gasteiger partial charge in [0.1, 0.15) is 0 Å². The summed E-state index contributed by atoms with van der Waals surface area (Å²) < 4.78 is 28.3. The van der Waals surface area contributed by atoms with Crippen LogP contribution in [0, 0.1) is 5.92 Å². The number of hydrogen-bond acceptors (Lipinski definition) is 3. The van der Waals surface area contributed by atoms with Gasteiger partial charge in [0.05, 0.1) is 0 Å². The summed E-state index contributed by atoms with van der Waals surface area (Å²) >= 11 is 0. The van der Waals surface area contributed by atoms with Gasteiger partial charge < -0.3 is 5.32 Å². The summed E-state index contributed by atoms with van der Waals surface area (Å²) in [7, 11) is -3.25. The first-order valence-electron chi connectivity index (χ1n) is 7.10. The van der Waals surface area contributed by atoms with E-state index in [1.165, 1.54) is 12.8 Å². The van der Waals surface area contributed by atoms with Crippen molar-refractivity contribution in [3.63, 3.8) is 0 Å². The molecule has 0 aromatic rings. The molecule has 0 bridgehead atoms. The molecule has 5 nitrogen and oxygen atoms in total. The Kier molecular flexibility index (Phi) is 5.00. The van der Waals surface area contributed by atoms with Crippen LogP contribution in [0.1, 0.15) is 39.0 Å². The Hall–Kier alpha value is -0.170. The Balaban J connectivity index is 1.80. The highest BCUT2D eigenvalue weighted by molar-refractivity contribution is 7.87. The van der Waals surface area contributed by atoms with E-state index in [9.17, 15) is 8.42 Å². The van der Waals surface area contributed by atoms with Crippen molar-refractivity contribution in [2.45, 2.75) is 45.1 Å². The number of nitrogens with one attached hydrogen (secondary N) is 2. The molecule has 106 valence electrons. The number of hydrogen-bond donors (Lipinski definition) is 2. The van der Waals surface area contributed by atoms with Crippen molar-refractivity contribution >= 4 is 10.2 Å². The molecule has 1 aliphatic heterocycles. The van der Waals surface area contributed by atoms with E-state index in [1.807, 2.05) is 6.92 Å². The highest BCUT2D eigenvalue weighted by atomic mass is 32.2. The van der Waals surface area contributed by atoms with E-state index in [1.54, 1.807) is 4.31 Å². The van der Waals surface area contributed by atoms with Crippen LogP contribution in [0.15, 0.2) is 0 Å². The maximum atomic E-state index is 12.0. The molecule has 2 fully saturated rings. The van der Waals surface area contributed by atoms with Crippen LogP contribution in [-0.4, -0.2) is 44.9 Å². The van der Waals surface area contributed by atoms with Crippen LogP contribution in [0.5, 0.6) is 0 Å². The first-order chi connectivity index (χ1) is 8.62. The van der Waals surface area contributed by atoms with Crippen LogP contribution < -0.4 is 10.0 Å². The van der Waals surface area contributed by atoms with Gasteiger partial charge in [0.15, 0.2) is 0 Å². The minimum atomic E-state index is -3.25. The summed E-state index contributed by atoms with van der Waals surface area (Å²) in [5, 5.41) is 3.50. The lowest BCUT2D eigenvalue weighted by atomic mass is 10.00. The molecule has 1 saturated heterocycles. The quantitative estimate of drug-likeness (QED) is 0.719. The average molecular weight is 275 g/mol. The number of rotatable bonds is 7. The van der Waals surface area contributed by atoms with Gasteiger partial charge in [-0.25, -0.2) is 4.72 Å². The monoisotopic (exact) mass is 275 g/mol. The molecule has 0 radical (unpaired) electrons. The van der Waals surface area contributed by atoms with E-state index >= 15 is 0 Å². The zero-order chi connectivity index (χ0) is 13.0. The second-order valence-corrected chi connectivity index (χ2v) is 7.20. The van der Waals surface area contributed by atoms with Gasteiger partial charge in [0.2, 0.25) is 0 Å². The van der Waals surface area contributed by atoms with Crippen molar-refractivity contribution in [2.75, 3.05) is 26.2 Å². The smallest absolute Gasteiger partial charge is 0.279 e. The van der Waals surface area contributed by atoms with E-state index in [0.29, 0.717) is 31.6 Å². The Morgan fingerprint density at radius 1 is 1.28 bits per heavy atom. The van der Waals surface area contributed by atoms with Crippen LogP contribution in [0.2, 0.25) is 0 Å². The normalized spacial score (nSPS) is 26.4. The summed E-state index contributed by atoms with van der Waals surface area (Å²) in [5.41, 5.74) is 0. The average Bonchev–Trinajstić information content (AvgIpc) is 3.18. The summed E-state index contributed by atoms with van der Waals surface area (Å²) in [6.07, 6.45) is 5.52. The fourth-order valence-electron chi connectivity index (χ4n) is 2.35. The molecule has 1 saturated carbocycles. The zero-order valence-electron chi connectivity index (χ0n) is 11.2. The molecule has 2 N–H and O–H groups in total. The molecule has 0 amide bonds. The highest BCUT2D eigenvalue weighted by Crippen LogP contribution is 2.22. The van der Waals surface area contributed by atoms with E-state index in [-0.39, 0.29) is 0 Å². The third-order valence-corrected chi connectivity index (χ3v) is 5.21. The maximum absolute atomic E-state index is 12.0. The van der Waals surface area contributed by atoms with Crippen LogP contribution in [0.25, 0.3) is 0 Å². The van der Waals surface area contributed by atoms with Crippen LogP contribution >= 0.6 is 0 Å². The van der Waals surface area contributed by atoms with Gasteiger partial charge in [-0.05, 0) is 44.6 Å². The first kappa shape index (κ1) is 14.2. The molecule has 2 aliphatic rings. The van der Waals surface area contributed by atoms with Crippen molar-refractivity contribution in [2.24, 2.45) is 5.92 Å². The van der Waals surface area contributed by atoms with Crippen molar-refractivity contribution in [1.82, 2.24) is 14.3 Å². The predicted molar refractivity (Wildman–Crippen MR) is 72.5 cm³/mol. The third-order valence-electron chi connectivity index (χ3n) is 3.63. The molecular formula is C12H25N3O2S. The molecular weight excluding hydrogens is 250 g/mol. The van der Waals surface area contributed by atoms with Gasteiger partial charge in [-0.2, -0.15) is 12.7 Å². The van der Waals surface area contributed by atoms with Crippen molar-refractivity contribution in [3.8, 4) is 0 Å². The van der Waals surface area contributed by atoms with Crippen LogP contribution in [0.4, 0.5) is 0 Å². The number of piperidine rings is 1. The SMILES string of the molecule is CCCNS(=O)(=O)N1CCCC(CNC2CC2)C1. The lowest BCUT2D eigenvalue weighted by Crippen LogP contribution is -2.47. The maximum Gasteiger partial charge on any atom is 0.279 e. The third kappa shape index (κ3) is 4.19. The minimum Gasteiger partial charge on any atom is -0.314 e. The van der Waals surface area contributed by atoms with Gasteiger partial charge in [0, 0.05) is 25.7 Å². The van der Waals surface area contributed by atoms with E-state index < -0.39 is 10.2 Å². The summed E-state index contributed by atoms with van der Waals surface area (Å²) in [4.78, 5) is 0. The molecule has 1 unspecified atom stereocenters. The second kappa shape index (κ2) is 6.32. The largest absolute Gasteiger partial charge is 0.314 e. The lowest BCUT2D eigenvalue weighted by molar-refractivity contribution is 0.257. The molecule has 6 heteroatoms. The van der Waals surface area contributed by atoms with Gasteiger partial charge in [-0.1, -0.05) is 6.92 Å².